The molecule has 0 saturated carbocycles. The van der Waals surface area contributed by atoms with E-state index in [-0.39, 0.29) is 5.91 Å². The first-order valence-corrected chi connectivity index (χ1v) is 16.0. The lowest BCUT2D eigenvalue weighted by Crippen LogP contribution is -2.48. The van der Waals surface area contributed by atoms with Gasteiger partial charge < -0.3 is 24.2 Å². The van der Waals surface area contributed by atoms with Crippen molar-refractivity contribution in [3.63, 3.8) is 0 Å². The molecule has 0 aliphatic carbocycles. The van der Waals surface area contributed by atoms with E-state index in [1.807, 2.05) is 72.6 Å². The number of ether oxygens (including phenoxy) is 2. The minimum absolute atomic E-state index is 0.0417. The Morgan fingerprint density at radius 3 is 2.41 bits per heavy atom. The van der Waals surface area contributed by atoms with Crippen molar-refractivity contribution < 1.29 is 14.3 Å². The first-order valence-electron chi connectivity index (χ1n) is 14.3. The van der Waals surface area contributed by atoms with Crippen LogP contribution in [0.15, 0.2) is 78.0 Å². The first-order chi connectivity index (χ1) is 21.3. The molecule has 0 unspecified atom stereocenters. The monoisotopic (exact) mass is 651 g/mol. The van der Waals surface area contributed by atoms with Gasteiger partial charge in [0.1, 0.15) is 11.0 Å². The number of piperazine rings is 1. The third kappa shape index (κ3) is 8.08. The highest BCUT2D eigenvalue weighted by molar-refractivity contribution is 7.98. The zero-order chi connectivity index (χ0) is 31.1. The lowest BCUT2D eigenvalue weighted by molar-refractivity contribution is 0.0746. The summed E-state index contributed by atoms with van der Waals surface area (Å²) in [6.07, 6.45) is 0.789. The number of hydrogen-bond acceptors (Lipinski definition) is 8. The van der Waals surface area contributed by atoms with Gasteiger partial charge in [-0.15, -0.1) is 0 Å². The molecule has 0 bridgehead atoms. The van der Waals surface area contributed by atoms with Gasteiger partial charge >= 0.3 is 0 Å². The summed E-state index contributed by atoms with van der Waals surface area (Å²) < 4.78 is 10.8. The smallest absolute Gasteiger partial charge is 0.253 e. The number of halogens is 2. The number of anilines is 2. The molecule has 0 N–H and O–H groups in total. The van der Waals surface area contributed by atoms with Crippen LogP contribution in [0.5, 0.6) is 11.5 Å². The standard InChI is InChI=1S/C33H35Cl2N5O3S/c1-38(13-12-23-10-11-28(42-2)29(19-23)43-3)31-21-30(35)36-33(37-31)44-22-24-6-4-7-25(18-24)32(41)40-16-14-39(15-17-40)27-9-5-8-26(34)20-27/h4-11,18-21H,12-17,22H2,1-3H3. The zero-order valence-electron chi connectivity index (χ0n) is 25.0. The van der Waals surface area contributed by atoms with E-state index in [2.05, 4.69) is 20.9 Å². The van der Waals surface area contributed by atoms with Crippen LogP contribution in [0.3, 0.4) is 0 Å². The molecule has 1 aliphatic rings. The Hall–Kier alpha value is -3.66. The number of carbonyl (C=O) groups is 1. The van der Waals surface area contributed by atoms with Crippen LogP contribution in [-0.2, 0) is 12.2 Å². The predicted molar refractivity (Wildman–Crippen MR) is 179 cm³/mol. The SMILES string of the molecule is COc1ccc(CCN(C)c2cc(Cl)nc(SCc3cccc(C(=O)N4CCN(c5cccc(Cl)c5)CC4)c3)n2)cc1OC. The van der Waals surface area contributed by atoms with E-state index in [0.717, 1.165) is 48.7 Å². The fourth-order valence-electron chi connectivity index (χ4n) is 5.06. The fraction of sp³-hybridized carbons (Fsp3) is 0.303. The Labute approximate surface area is 272 Å². The molecule has 11 heteroatoms. The van der Waals surface area contributed by atoms with Crippen LogP contribution in [0.1, 0.15) is 21.5 Å². The van der Waals surface area contributed by atoms with Crippen molar-refractivity contribution in [3.8, 4) is 11.5 Å². The number of carbonyl (C=O) groups excluding carboxylic acids is 1. The molecule has 0 atom stereocenters. The number of benzene rings is 3. The van der Waals surface area contributed by atoms with Crippen LogP contribution in [0, 0.1) is 0 Å². The minimum atomic E-state index is 0.0417. The van der Waals surface area contributed by atoms with Crippen molar-refractivity contribution >= 4 is 52.4 Å². The van der Waals surface area contributed by atoms with Gasteiger partial charge in [0.2, 0.25) is 0 Å². The van der Waals surface area contributed by atoms with E-state index in [9.17, 15) is 4.79 Å². The molecule has 1 saturated heterocycles. The highest BCUT2D eigenvalue weighted by atomic mass is 35.5. The summed E-state index contributed by atoms with van der Waals surface area (Å²) in [5.74, 6) is 2.81. The van der Waals surface area contributed by atoms with Gasteiger partial charge in [-0.05, 0) is 60.0 Å². The Bertz CT molecular complexity index is 1600. The summed E-state index contributed by atoms with van der Waals surface area (Å²) in [7, 11) is 5.25. The average molecular weight is 653 g/mol. The van der Waals surface area contributed by atoms with Gasteiger partial charge in [0.05, 0.1) is 14.2 Å². The number of likely N-dealkylation sites (N-methyl/N-ethyl adjacent to an activating group) is 1. The van der Waals surface area contributed by atoms with Crippen LogP contribution < -0.4 is 19.3 Å². The number of nitrogens with zero attached hydrogens (tertiary/aromatic N) is 5. The number of amides is 1. The van der Waals surface area contributed by atoms with Crippen molar-refractivity contribution in [1.29, 1.82) is 0 Å². The molecule has 1 aliphatic heterocycles. The molecule has 5 rings (SSSR count). The van der Waals surface area contributed by atoms with E-state index >= 15 is 0 Å². The number of methoxy groups -OCH3 is 2. The Kier molecular flexibility index (Phi) is 10.7. The van der Waals surface area contributed by atoms with Gasteiger partial charge in [0.15, 0.2) is 16.7 Å². The van der Waals surface area contributed by atoms with Gasteiger partial charge in [-0.1, -0.05) is 59.2 Å². The summed E-state index contributed by atoms with van der Waals surface area (Å²) in [5, 5.41) is 1.68. The second kappa shape index (κ2) is 14.9. The van der Waals surface area contributed by atoms with E-state index < -0.39 is 0 Å². The van der Waals surface area contributed by atoms with Gasteiger partial charge in [0, 0.05) is 67.9 Å². The predicted octanol–water partition coefficient (Wildman–Crippen LogP) is 6.73. The quantitative estimate of drug-likeness (QED) is 0.100. The molecular weight excluding hydrogens is 617 g/mol. The molecule has 0 spiro atoms. The summed E-state index contributed by atoms with van der Waals surface area (Å²) in [6.45, 7) is 3.56. The fourth-order valence-corrected chi connectivity index (χ4v) is 6.27. The van der Waals surface area contributed by atoms with Crippen molar-refractivity contribution in [2.45, 2.75) is 17.3 Å². The van der Waals surface area contributed by atoms with Crippen molar-refractivity contribution in [2.75, 3.05) is 63.8 Å². The molecule has 4 aromatic rings. The summed E-state index contributed by atoms with van der Waals surface area (Å²) >= 11 is 14.1. The Morgan fingerprint density at radius 1 is 0.886 bits per heavy atom. The topological polar surface area (TPSA) is 71.0 Å². The second-order valence-electron chi connectivity index (χ2n) is 10.4. The summed E-state index contributed by atoms with van der Waals surface area (Å²) in [5.41, 5.74) is 3.91. The molecule has 0 radical (unpaired) electrons. The van der Waals surface area contributed by atoms with Gasteiger partial charge in [-0.25, -0.2) is 9.97 Å². The van der Waals surface area contributed by atoms with Crippen molar-refractivity contribution in [2.24, 2.45) is 0 Å². The maximum absolute atomic E-state index is 13.3. The molecule has 1 amide bonds. The van der Waals surface area contributed by atoms with Crippen LogP contribution >= 0.6 is 35.0 Å². The first kappa shape index (κ1) is 31.8. The molecular formula is C33H35Cl2N5O3S. The van der Waals surface area contributed by atoms with Gasteiger partial charge in [-0.3, -0.25) is 4.79 Å². The summed E-state index contributed by atoms with van der Waals surface area (Å²) in [4.78, 5) is 28.8. The average Bonchev–Trinajstić information content (AvgIpc) is 3.05. The molecule has 1 fully saturated rings. The van der Waals surface area contributed by atoms with Crippen molar-refractivity contribution in [1.82, 2.24) is 14.9 Å². The van der Waals surface area contributed by atoms with Crippen LogP contribution in [-0.4, -0.2) is 74.8 Å². The third-order valence-corrected chi connectivity index (χ3v) is 8.87. The normalized spacial score (nSPS) is 13.1. The molecule has 44 heavy (non-hydrogen) atoms. The lowest BCUT2D eigenvalue weighted by atomic mass is 10.1. The maximum atomic E-state index is 13.3. The maximum Gasteiger partial charge on any atom is 0.253 e. The largest absolute Gasteiger partial charge is 0.493 e. The van der Waals surface area contributed by atoms with E-state index in [4.69, 9.17) is 37.7 Å². The van der Waals surface area contributed by atoms with Crippen LogP contribution in [0.25, 0.3) is 0 Å². The molecule has 3 aromatic carbocycles. The summed E-state index contributed by atoms with van der Waals surface area (Å²) in [6, 6.07) is 23.3. The highest BCUT2D eigenvalue weighted by Gasteiger charge is 2.23. The third-order valence-electron chi connectivity index (χ3n) is 7.52. The van der Waals surface area contributed by atoms with Gasteiger partial charge in [0.25, 0.3) is 5.91 Å². The molecule has 8 nitrogen and oxygen atoms in total. The van der Waals surface area contributed by atoms with E-state index in [1.165, 1.54) is 11.8 Å². The molecule has 2 heterocycles. The minimum Gasteiger partial charge on any atom is -0.493 e. The molecule has 1 aromatic heterocycles. The van der Waals surface area contributed by atoms with E-state index in [1.54, 1.807) is 20.3 Å². The number of aromatic nitrogens is 2. The number of hydrogen-bond donors (Lipinski definition) is 0. The zero-order valence-corrected chi connectivity index (χ0v) is 27.3. The van der Waals surface area contributed by atoms with Crippen LogP contribution in [0.2, 0.25) is 10.2 Å². The van der Waals surface area contributed by atoms with Crippen molar-refractivity contribution in [3.05, 3.63) is 99.7 Å². The Morgan fingerprint density at radius 2 is 1.66 bits per heavy atom. The second-order valence-corrected chi connectivity index (χ2v) is 12.2. The lowest BCUT2D eigenvalue weighted by Gasteiger charge is -2.36. The Balaban J connectivity index is 1.17. The van der Waals surface area contributed by atoms with Crippen LogP contribution in [0.4, 0.5) is 11.5 Å². The molecule has 230 valence electrons. The van der Waals surface area contributed by atoms with E-state index in [0.29, 0.717) is 51.2 Å². The number of rotatable bonds is 11. The highest BCUT2D eigenvalue weighted by Crippen LogP contribution is 2.29. The number of thioether (sulfide) groups is 1. The van der Waals surface area contributed by atoms with Gasteiger partial charge in [-0.2, -0.15) is 0 Å².